The number of hydrogen-bond donors (Lipinski definition) is 6. The van der Waals surface area contributed by atoms with E-state index in [1.54, 1.807) is 12.1 Å². The number of cyclic esters (lactones) is 1. The number of phenols is 1. The number of carbonyl (C=O) groups excluding carboxylic acids is 1. The van der Waals surface area contributed by atoms with Crippen LogP contribution in [0.3, 0.4) is 0 Å². The van der Waals surface area contributed by atoms with E-state index in [9.17, 15) is 35.4 Å². The Morgan fingerprint density at radius 2 is 1.60 bits per heavy atom. The largest absolute Gasteiger partial charge is 0.504 e. The number of ether oxygens (including phenoxy) is 6. The standard InChI is InChI=1S/C27H34O13/c1-35-17-7-12(4-5-16(17)29)6-14-15(11-38-26(14)34)21(30)13-8-18(36-2)25(19(9-13)37-3)40-27-24(33)23(32)22(31)20(10-28)39-27/h4-5,7-9,14-15,20-24,27-33H,6,10-11H2,1-3H3/t14-,15+,20+,21?,22+,23-,24+,27-/m0/s1. The van der Waals surface area contributed by atoms with E-state index >= 15 is 0 Å². The zero-order valence-electron chi connectivity index (χ0n) is 22.2. The fourth-order valence-corrected chi connectivity index (χ4v) is 4.94. The molecular weight excluding hydrogens is 532 g/mol. The first-order chi connectivity index (χ1) is 19.1. The van der Waals surface area contributed by atoms with Gasteiger partial charge in [-0.15, -0.1) is 0 Å². The van der Waals surface area contributed by atoms with Crippen LogP contribution < -0.4 is 18.9 Å². The molecule has 8 atom stereocenters. The van der Waals surface area contributed by atoms with E-state index in [2.05, 4.69) is 0 Å². The van der Waals surface area contributed by atoms with Crippen molar-refractivity contribution in [2.75, 3.05) is 34.5 Å². The second kappa shape index (κ2) is 12.5. The minimum Gasteiger partial charge on any atom is -0.504 e. The van der Waals surface area contributed by atoms with Gasteiger partial charge in [0.05, 0.1) is 46.6 Å². The summed E-state index contributed by atoms with van der Waals surface area (Å²) in [6, 6.07) is 7.67. The molecule has 2 aromatic rings. The van der Waals surface area contributed by atoms with Crippen molar-refractivity contribution in [3.63, 3.8) is 0 Å². The van der Waals surface area contributed by atoms with Gasteiger partial charge in [0.1, 0.15) is 24.4 Å². The van der Waals surface area contributed by atoms with Crippen molar-refractivity contribution in [3.8, 4) is 28.7 Å². The maximum Gasteiger partial charge on any atom is 0.309 e. The minimum atomic E-state index is -1.67. The van der Waals surface area contributed by atoms with Crippen LogP contribution >= 0.6 is 0 Å². The molecule has 13 nitrogen and oxygen atoms in total. The van der Waals surface area contributed by atoms with Crippen LogP contribution in [-0.4, -0.2) is 102 Å². The molecule has 6 N–H and O–H groups in total. The molecular formula is C27H34O13. The molecule has 2 aliphatic rings. The SMILES string of the molecule is COc1cc(C[C@@H]2C(=O)OC[C@H]2C(O)c2cc(OC)c(O[C@@H]3O[C@H](CO)[C@@H](O)[C@H](O)[C@H]3O)c(OC)c2)ccc1O. The number of benzene rings is 2. The number of hydrogen-bond acceptors (Lipinski definition) is 13. The molecule has 2 aliphatic heterocycles. The third-order valence-electron chi connectivity index (χ3n) is 7.25. The molecule has 0 spiro atoms. The molecule has 0 aromatic heterocycles. The number of esters is 1. The maximum absolute atomic E-state index is 12.6. The van der Waals surface area contributed by atoms with Gasteiger partial charge in [-0.3, -0.25) is 4.79 Å². The number of aromatic hydroxyl groups is 1. The summed E-state index contributed by atoms with van der Waals surface area (Å²) >= 11 is 0. The Labute approximate surface area is 230 Å². The Balaban J connectivity index is 1.59. The van der Waals surface area contributed by atoms with Crippen LogP contribution in [0.1, 0.15) is 17.2 Å². The quantitative estimate of drug-likeness (QED) is 0.205. The normalized spacial score (nSPS) is 29.0. The van der Waals surface area contributed by atoms with Crippen LogP contribution in [0.15, 0.2) is 30.3 Å². The molecule has 13 heteroatoms. The minimum absolute atomic E-state index is 0.0308. The first-order valence-electron chi connectivity index (χ1n) is 12.6. The van der Waals surface area contributed by atoms with Crippen molar-refractivity contribution in [2.45, 2.75) is 43.2 Å². The van der Waals surface area contributed by atoms with Gasteiger partial charge in [-0.2, -0.15) is 0 Å². The third-order valence-corrected chi connectivity index (χ3v) is 7.25. The zero-order valence-corrected chi connectivity index (χ0v) is 22.2. The summed E-state index contributed by atoms with van der Waals surface area (Å²) in [6.45, 7) is -0.669. The first-order valence-corrected chi connectivity index (χ1v) is 12.6. The lowest BCUT2D eigenvalue weighted by atomic mass is 9.83. The molecule has 2 saturated heterocycles. The molecule has 40 heavy (non-hydrogen) atoms. The highest BCUT2D eigenvalue weighted by atomic mass is 16.7. The van der Waals surface area contributed by atoms with Gasteiger partial charge in [-0.25, -0.2) is 0 Å². The molecule has 220 valence electrons. The number of carbonyl (C=O) groups is 1. The lowest BCUT2D eigenvalue weighted by Gasteiger charge is -2.39. The van der Waals surface area contributed by atoms with Crippen molar-refractivity contribution >= 4 is 5.97 Å². The van der Waals surface area contributed by atoms with E-state index < -0.39 is 61.2 Å². The van der Waals surface area contributed by atoms with Crippen LogP contribution in [-0.2, 0) is 20.7 Å². The summed E-state index contributed by atoms with van der Waals surface area (Å²) in [5.41, 5.74) is 1.03. The Morgan fingerprint density at radius 1 is 0.950 bits per heavy atom. The number of methoxy groups -OCH3 is 3. The molecule has 0 bridgehead atoms. The van der Waals surface area contributed by atoms with Crippen LogP contribution in [0.25, 0.3) is 0 Å². The van der Waals surface area contributed by atoms with Crippen molar-refractivity contribution in [1.29, 1.82) is 0 Å². The number of aliphatic hydroxyl groups is 5. The predicted molar refractivity (Wildman–Crippen MR) is 135 cm³/mol. The van der Waals surface area contributed by atoms with Crippen LogP contribution in [0.4, 0.5) is 0 Å². The lowest BCUT2D eigenvalue weighted by Crippen LogP contribution is -2.60. The second-order valence-electron chi connectivity index (χ2n) is 9.63. The van der Waals surface area contributed by atoms with Crippen molar-refractivity contribution in [3.05, 3.63) is 41.5 Å². The Hall–Kier alpha value is -3.33. The summed E-state index contributed by atoms with van der Waals surface area (Å²) in [5, 5.41) is 61.2. The molecule has 0 saturated carbocycles. The van der Waals surface area contributed by atoms with Crippen molar-refractivity contribution < 1.29 is 63.9 Å². The highest BCUT2D eigenvalue weighted by Crippen LogP contribution is 2.45. The first kappa shape index (κ1) is 29.6. The van der Waals surface area contributed by atoms with Gasteiger partial charge in [0.2, 0.25) is 12.0 Å². The zero-order chi connectivity index (χ0) is 29.1. The van der Waals surface area contributed by atoms with Crippen LogP contribution in [0.5, 0.6) is 28.7 Å². The average Bonchev–Trinajstić information content (AvgIpc) is 3.32. The maximum atomic E-state index is 12.6. The van der Waals surface area contributed by atoms with Crippen molar-refractivity contribution in [2.24, 2.45) is 11.8 Å². The fourth-order valence-electron chi connectivity index (χ4n) is 4.94. The second-order valence-corrected chi connectivity index (χ2v) is 9.63. The molecule has 1 unspecified atom stereocenters. The Bertz CT molecular complexity index is 1160. The molecule has 2 heterocycles. The molecule has 0 amide bonds. The molecule has 2 aromatic carbocycles. The van der Waals surface area contributed by atoms with E-state index in [1.807, 2.05) is 0 Å². The van der Waals surface area contributed by atoms with E-state index in [4.69, 9.17) is 28.4 Å². The van der Waals surface area contributed by atoms with Gasteiger partial charge >= 0.3 is 5.97 Å². The summed E-state index contributed by atoms with van der Waals surface area (Å²) in [4.78, 5) is 12.6. The number of phenolic OH excluding ortho intramolecular Hbond substituents is 1. The fraction of sp³-hybridized carbons (Fsp3) is 0.519. The monoisotopic (exact) mass is 566 g/mol. The van der Waals surface area contributed by atoms with Gasteiger partial charge in [0.25, 0.3) is 0 Å². The van der Waals surface area contributed by atoms with E-state index in [0.29, 0.717) is 11.1 Å². The van der Waals surface area contributed by atoms with Crippen LogP contribution in [0, 0.1) is 11.8 Å². The average molecular weight is 567 g/mol. The van der Waals surface area contributed by atoms with Gasteiger partial charge in [-0.05, 0) is 41.8 Å². The van der Waals surface area contributed by atoms with Crippen molar-refractivity contribution in [1.82, 2.24) is 0 Å². The third kappa shape index (κ3) is 5.75. The summed E-state index contributed by atoms with van der Waals surface area (Å²) in [7, 11) is 4.10. The smallest absolute Gasteiger partial charge is 0.309 e. The lowest BCUT2D eigenvalue weighted by molar-refractivity contribution is -0.277. The van der Waals surface area contributed by atoms with Gasteiger partial charge in [0, 0.05) is 5.92 Å². The van der Waals surface area contributed by atoms with Gasteiger partial charge in [-0.1, -0.05) is 6.07 Å². The van der Waals surface area contributed by atoms with Crippen LogP contribution in [0.2, 0.25) is 0 Å². The number of aliphatic hydroxyl groups excluding tert-OH is 5. The predicted octanol–water partition coefficient (Wildman–Crippen LogP) is -0.338. The highest BCUT2D eigenvalue weighted by Gasteiger charge is 2.46. The van der Waals surface area contributed by atoms with E-state index in [1.165, 1.54) is 39.5 Å². The van der Waals surface area contributed by atoms with Gasteiger partial charge in [0.15, 0.2) is 23.0 Å². The summed E-state index contributed by atoms with van der Waals surface area (Å²) in [5.74, 6) is -1.47. The number of rotatable bonds is 10. The van der Waals surface area contributed by atoms with Gasteiger partial charge < -0.3 is 59.1 Å². The Kier molecular flexibility index (Phi) is 9.23. The highest BCUT2D eigenvalue weighted by molar-refractivity contribution is 5.75. The van der Waals surface area contributed by atoms with E-state index in [-0.39, 0.29) is 41.8 Å². The molecule has 0 aliphatic carbocycles. The molecule has 2 fully saturated rings. The summed E-state index contributed by atoms with van der Waals surface area (Å²) < 4.78 is 32.5. The topological polar surface area (TPSA) is 194 Å². The Morgan fingerprint density at radius 3 is 2.20 bits per heavy atom. The molecule has 4 rings (SSSR count). The van der Waals surface area contributed by atoms with E-state index in [0.717, 1.165) is 0 Å². The summed E-state index contributed by atoms with van der Waals surface area (Å²) in [6.07, 6.45) is -8.54. The molecule has 0 radical (unpaired) electrons.